The molecule has 0 unspecified atom stereocenters. The van der Waals surface area contributed by atoms with Gasteiger partial charge < -0.3 is 4.48 Å². The Balaban J connectivity index is 2.29. The fourth-order valence-electron chi connectivity index (χ4n) is 4.10. The van der Waals surface area contributed by atoms with E-state index in [1.165, 1.54) is 113 Å². The van der Waals surface area contributed by atoms with Crippen molar-refractivity contribution in [3.63, 3.8) is 0 Å². The van der Waals surface area contributed by atoms with Crippen LogP contribution in [-0.4, -0.2) is 30.7 Å². The zero-order valence-electron chi connectivity index (χ0n) is 18.1. The maximum atomic E-state index is 2.35. The zero-order chi connectivity index (χ0) is 18.9. The van der Waals surface area contributed by atoms with Crippen LogP contribution in [0.5, 0.6) is 0 Å². The first-order chi connectivity index (χ1) is 12.8. The van der Waals surface area contributed by atoms with Crippen molar-refractivity contribution < 1.29 is 4.48 Å². The van der Waals surface area contributed by atoms with E-state index in [0.717, 1.165) is 0 Å². The Morgan fingerprint density at radius 2 is 1.00 bits per heavy atom. The van der Waals surface area contributed by atoms with Gasteiger partial charge in [0.05, 0.1) is 26.2 Å². The Labute approximate surface area is 164 Å². The summed E-state index contributed by atoms with van der Waals surface area (Å²) in [6, 6.07) is 11.0. The zero-order valence-corrected chi connectivity index (χ0v) is 18.1. The lowest BCUT2D eigenvalue weighted by molar-refractivity contribution is -0.929. The number of aryl methyl sites for hydroxylation is 1. The second-order valence-electron chi connectivity index (χ2n) is 8.30. The monoisotopic (exact) mass is 360 g/mol. The highest BCUT2D eigenvalue weighted by molar-refractivity contribution is 5.14. The average molecular weight is 361 g/mol. The molecular formula is C25H46N+. The third-order valence-electron chi connectivity index (χ3n) is 5.90. The molecule has 0 fully saturated rings. The van der Waals surface area contributed by atoms with Gasteiger partial charge in [0.25, 0.3) is 0 Å². The molecule has 0 bridgehead atoms. The molecule has 1 aromatic carbocycles. The molecule has 0 atom stereocenters. The van der Waals surface area contributed by atoms with Crippen molar-refractivity contribution in [3.05, 3.63) is 35.9 Å². The summed E-state index contributed by atoms with van der Waals surface area (Å²) in [5, 5.41) is 0. The van der Waals surface area contributed by atoms with Gasteiger partial charge in [-0.05, 0) is 50.5 Å². The predicted molar refractivity (Wildman–Crippen MR) is 118 cm³/mol. The summed E-state index contributed by atoms with van der Waals surface area (Å²) in [5.74, 6) is 0. The average Bonchev–Trinajstić information content (AvgIpc) is 2.68. The highest BCUT2D eigenvalue weighted by atomic mass is 15.3. The first-order valence-electron chi connectivity index (χ1n) is 11.7. The molecule has 0 aliphatic heterocycles. The van der Waals surface area contributed by atoms with Gasteiger partial charge in [-0.1, -0.05) is 83.2 Å². The summed E-state index contributed by atoms with van der Waals surface area (Å²) in [6.45, 7) is 12.7. The molecule has 26 heavy (non-hydrogen) atoms. The Morgan fingerprint density at radius 1 is 0.538 bits per heavy atom. The summed E-state index contributed by atoms with van der Waals surface area (Å²) in [4.78, 5) is 0. The van der Waals surface area contributed by atoms with Gasteiger partial charge in [0.15, 0.2) is 0 Å². The SMILES string of the molecule is CCCC[N+](CCCC)(CCCC)CCCCCCCc1ccccc1. The van der Waals surface area contributed by atoms with E-state index in [1.807, 2.05) is 0 Å². The minimum Gasteiger partial charge on any atom is -0.324 e. The number of hydrogen-bond acceptors (Lipinski definition) is 0. The first-order valence-corrected chi connectivity index (χ1v) is 11.7. The number of nitrogens with zero attached hydrogens (tertiary/aromatic N) is 1. The first kappa shape index (κ1) is 23.2. The standard InChI is InChI=1S/C25H46N/c1-4-7-21-26(22-8-5-2,23-9-6-3)24-17-12-10-11-14-18-25-19-15-13-16-20-25/h13,15-16,19-20H,4-12,14,17-18,21-24H2,1-3H3/q+1. The molecule has 1 nitrogen and oxygen atoms in total. The maximum Gasteiger partial charge on any atom is 0.0786 e. The van der Waals surface area contributed by atoms with Gasteiger partial charge in [-0.25, -0.2) is 0 Å². The molecule has 0 spiro atoms. The van der Waals surface area contributed by atoms with Crippen LogP contribution in [0.2, 0.25) is 0 Å². The van der Waals surface area contributed by atoms with Crippen molar-refractivity contribution in [3.8, 4) is 0 Å². The van der Waals surface area contributed by atoms with Crippen LogP contribution in [0.15, 0.2) is 30.3 Å². The summed E-state index contributed by atoms with van der Waals surface area (Å²) in [6.07, 6.45) is 16.5. The Morgan fingerprint density at radius 3 is 1.54 bits per heavy atom. The summed E-state index contributed by atoms with van der Waals surface area (Å²) < 4.78 is 1.42. The molecule has 0 heterocycles. The molecular weight excluding hydrogens is 314 g/mol. The quantitative estimate of drug-likeness (QED) is 0.200. The van der Waals surface area contributed by atoms with E-state index in [2.05, 4.69) is 51.1 Å². The molecule has 1 rings (SSSR count). The Hall–Kier alpha value is -0.820. The molecule has 0 saturated heterocycles. The number of benzene rings is 1. The van der Waals surface area contributed by atoms with Crippen LogP contribution < -0.4 is 0 Å². The van der Waals surface area contributed by atoms with Crippen LogP contribution in [0, 0.1) is 0 Å². The highest BCUT2D eigenvalue weighted by Crippen LogP contribution is 2.18. The van der Waals surface area contributed by atoms with E-state index >= 15 is 0 Å². The van der Waals surface area contributed by atoms with Crippen LogP contribution in [0.4, 0.5) is 0 Å². The van der Waals surface area contributed by atoms with Crippen molar-refractivity contribution >= 4 is 0 Å². The number of quaternary nitrogens is 1. The van der Waals surface area contributed by atoms with E-state index in [4.69, 9.17) is 0 Å². The van der Waals surface area contributed by atoms with Crippen molar-refractivity contribution in [2.24, 2.45) is 0 Å². The second kappa shape index (κ2) is 15.3. The van der Waals surface area contributed by atoms with E-state index in [-0.39, 0.29) is 0 Å². The van der Waals surface area contributed by atoms with Crippen LogP contribution in [0.25, 0.3) is 0 Å². The largest absolute Gasteiger partial charge is 0.324 e. The molecule has 0 saturated carbocycles. The third-order valence-corrected chi connectivity index (χ3v) is 5.90. The van der Waals surface area contributed by atoms with Crippen LogP contribution in [-0.2, 0) is 6.42 Å². The van der Waals surface area contributed by atoms with Gasteiger partial charge in [0.2, 0.25) is 0 Å². The molecule has 0 aromatic heterocycles. The number of unbranched alkanes of at least 4 members (excludes halogenated alkanes) is 7. The second-order valence-corrected chi connectivity index (χ2v) is 8.30. The third kappa shape index (κ3) is 10.4. The fraction of sp³-hybridized carbons (Fsp3) is 0.760. The van der Waals surface area contributed by atoms with Crippen LogP contribution in [0.3, 0.4) is 0 Å². The predicted octanol–water partition coefficient (Wildman–Crippen LogP) is 7.40. The highest BCUT2D eigenvalue weighted by Gasteiger charge is 2.24. The van der Waals surface area contributed by atoms with Gasteiger partial charge in [-0.15, -0.1) is 0 Å². The lowest BCUT2D eigenvalue weighted by atomic mass is 10.0. The fourth-order valence-corrected chi connectivity index (χ4v) is 4.10. The van der Waals surface area contributed by atoms with E-state index in [9.17, 15) is 0 Å². The molecule has 0 aliphatic carbocycles. The number of rotatable bonds is 17. The summed E-state index contributed by atoms with van der Waals surface area (Å²) in [5.41, 5.74) is 1.50. The van der Waals surface area contributed by atoms with Crippen molar-refractivity contribution in [2.75, 3.05) is 26.2 Å². The van der Waals surface area contributed by atoms with Crippen LogP contribution >= 0.6 is 0 Å². The molecule has 0 aliphatic rings. The summed E-state index contributed by atoms with van der Waals surface area (Å²) >= 11 is 0. The van der Waals surface area contributed by atoms with E-state index in [0.29, 0.717) is 0 Å². The van der Waals surface area contributed by atoms with Gasteiger partial charge >= 0.3 is 0 Å². The normalized spacial score (nSPS) is 11.8. The molecule has 150 valence electrons. The minimum absolute atomic E-state index is 1.25. The van der Waals surface area contributed by atoms with Crippen molar-refractivity contribution in [1.29, 1.82) is 0 Å². The maximum absolute atomic E-state index is 2.35. The van der Waals surface area contributed by atoms with E-state index in [1.54, 1.807) is 0 Å². The minimum atomic E-state index is 1.25. The summed E-state index contributed by atoms with van der Waals surface area (Å²) in [7, 11) is 0. The Bertz CT molecular complexity index is 390. The van der Waals surface area contributed by atoms with Gasteiger partial charge in [0, 0.05) is 0 Å². The lowest BCUT2D eigenvalue weighted by Crippen LogP contribution is -2.50. The van der Waals surface area contributed by atoms with Gasteiger partial charge in [-0.3, -0.25) is 0 Å². The number of hydrogen-bond donors (Lipinski definition) is 0. The van der Waals surface area contributed by atoms with Gasteiger partial charge in [0.1, 0.15) is 0 Å². The van der Waals surface area contributed by atoms with Crippen molar-refractivity contribution in [1.82, 2.24) is 0 Å². The smallest absolute Gasteiger partial charge is 0.0786 e. The molecule has 0 radical (unpaired) electrons. The molecule has 1 aromatic rings. The van der Waals surface area contributed by atoms with Crippen LogP contribution in [0.1, 0.15) is 97.0 Å². The lowest BCUT2D eigenvalue weighted by Gasteiger charge is -2.39. The van der Waals surface area contributed by atoms with Gasteiger partial charge in [-0.2, -0.15) is 0 Å². The van der Waals surface area contributed by atoms with E-state index < -0.39 is 0 Å². The topological polar surface area (TPSA) is 0 Å². The molecule has 1 heteroatoms. The molecule has 0 N–H and O–H groups in total. The molecule has 0 amide bonds. The van der Waals surface area contributed by atoms with Crippen molar-refractivity contribution in [2.45, 2.75) is 97.8 Å². The Kier molecular flexibility index (Phi) is 13.6.